The minimum atomic E-state index is -0.306. The highest BCUT2D eigenvalue weighted by Gasteiger charge is 2.27. The van der Waals surface area contributed by atoms with Crippen LogP contribution >= 0.6 is 0 Å². The van der Waals surface area contributed by atoms with Gasteiger partial charge >= 0.3 is 0 Å². The SMILES string of the molecule is CCCn1cc(OC2CCCC2O)cn1. The Labute approximate surface area is 89.9 Å². The lowest BCUT2D eigenvalue weighted by molar-refractivity contribution is 0.0603. The number of hydrogen-bond donors (Lipinski definition) is 1. The van der Waals surface area contributed by atoms with Gasteiger partial charge in [0.1, 0.15) is 6.10 Å². The van der Waals surface area contributed by atoms with Crippen LogP contribution in [-0.2, 0) is 6.54 Å². The quantitative estimate of drug-likeness (QED) is 0.820. The second kappa shape index (κ2) is 4.66. The number of aryl methyl sites for hydroxylation is 1. The van der Waals surface area contributed by atoms with E-state index in [0.29, 0.717) is 0 Å². The van der Waals surface area contributed by atoms with Crippen molar-refractivity contribution in [2.45, 2.75) is 51.4 Å². The molecule has 1 saturated carbocycles. The molecular formula is C11H18N2O2. The second-order valence-electron chi connectivity index (χ2n) is 4.09. The first-order valence-corrected chi connectivity index (χ1v) is 5.66. The molecular weight excluding hydrogens is 192 g/mol. The molecule has 1 fully saturated rings. The van der Waals surface area contributed by atoms with Gasteiger partial charge in [0.2, 0.25) is 0 Å². The molecule has 1 aliphatic rings. The van der Waals surface area contributed by atoms with E-state index < -0.39 is 0 Å². The molecule has 84 valence electrons. The molecule has 1 aromatic rings. The molecule has 0 bridgehead atoms. The maximum Gasteiger partial charge on any atom is 0.157 e. The predicted octanol–water partition coefficient (Wildman–Crippen LogP) is 1.59. The lowest BCUT2D eigenvalue weighted by Crippen LogP contribution is -2.25. The van der Waals surface area contributed by atoms with Crippen molar-refractivity contribution in [1.82, 2.24) is 9.78 Å². The van der Waals surface area contributed by atoms with Gasteiger partial charge in [0.05, 0.1) is 18.5 Å². The van der Waals surface area contributed by atoms with E-state index in [1.807, 2.05) is 10.9 Å². The maximum absolute atomic E-state index is 9.61. The van der Waals surface area contributed by atoms with Gasteiger partial charge in [-0.15, -0.1) is 0 Å². The zero-order valence-electron chi connectivity index (χ0n) is 9.09. The lowest BCUT2D eigenvalue weighted by Gasteiger charge is -2.15. The van der Waals surface area contributed by atoms with Gasteiger partial charge < -0.3 is 9.84 Å². The number of nitrogens with zero attached hydrogens (tertiary/aromatic N) is 2. The third kappa shape index (κ3) is 2.50. The first kappa shape index (κ1) is 10.5. The van der Waals surface area contributed by atoms with Crippen molar-refractivity contribution in [3.8, 4) is 5.75 Å². The van der Waals surface area contributed by atoms with Crippen LogP contribution in [-0.4, -0.2) is 27.1 Å². The van der Waals surface area contributed by atoms with Gasteiger partial charge in [-0.05, 0) is 25.7 Å². The molecule has 1 N–H and O–H groups in total. The van der Waals surface area contributed by atoms with E-state index in [1.165, 1.54) is 0 Å². The van der Waals surface area contributed by atoms with Crippen molar-refractivity contribution < 1.29 is 9.84 Å². The van der Waals surface area contributed by atoms with Crippen molar-refractivity contribution in [1.29, 1.82) is 0 Å². The summed E-state index contributed by atoms with van der Waals surface area (Å²) in [6.07, 6.45) is 7.19. The van der Waals surface area contributed by atoms with E-state index >= 15 is 0 Å². The molecule has 1 aromatic heterocycles. The summed E-state index contributed by atoms with van der Waals surface area (Å²) in [4.78, 5) is 0. The van der Waals surface area contributed by atoms with E-state index in [-0.39, 0.29) is 12.2 Å². The van der Waals surface area contributed by atoms with Crippen LogP contribution < -0.4 is 4.74 Å². The van der Waals surface area contributed by atoms with E-state index in [2.05, 4.69) is 12.0 Å². The van der Waals surface area contributed by atoms with Gasteiger partial charge in [-0.2, -0.15) is 5.10 Å². The molecule has 0 aromatic carbocycles. The highest BCUT2D eigenvalue weighted by molar-refractivity contribution is 5.12. The molecule has 1 heterocycles. The molecule has 0 saturated heterocycles. The van der Waals surface area contributed by atoms with Crippen molar-refractivity contribution in [2.75, 3.05) is 0 Å². The topological polar surface area (TPSA) is 47.3 Å². The van der Waals surface area contributed by atoms with E-state index in [1.54, 1.807) is 6.20 Å². The molecule has 1 aliphatic carbocycles. The summed E-state index contributed by atoms with van der Waals surface area (Å²) in [7, 11) is 0. The third-order valence-electron chi connectivity index (χ3n) is 2.77. The highest BCUT2D eigenvalue weighted by Crippen LogP contribution is 2.24. The normalized spacial score (nSPS) is 25.7. The Morgan fingerprint density at radius 2 is 2.47 bits per heavy atom. The summed E-state index contributed by atoms with van der Waals surface area (Å²) in [6.45, 7) is 3.03. The molecule has 4 nitrogen and oxygen atoms in total. The fraction of sp³-hybridized carbons (Fsp3) is 0.727. The molecule has 0 radical (unpaired) electrons. The molecule has 0 amide bonds. The molecule has 0 aliphatic heterocycles. The van der Waals surface area contributed by atoms with Gasteiger partial charge in [0.25, 0.3) is 0 Å². The fourth-order valence-electron chi connectivity index (χ4n) is 1.98. The summed E-state index contributed by atoms with van der Waals surface area (Å²) < 4.78 is 7.55. The van der Waals surface area contributed by atoms with Crippen LogP contribution in [0.25, 0.3) is 0 Å². The molecule has 4 heteroatoms. The Kier molecular flexibility index (Phi) is 3.26. The Morgan fingerprint density at radius 1 is 1.60 bits per heavy atom. The van der Waals surface area contributed by atoms with E-state index in [0.717, 1.165) is 38.0 Å². The zero-order chi connectivity index (χ0) is 10.7. The van der Waals surface area contributed by atoms with Crippen molar-refractivity contribution in [2.24, 2.45) is 0 Å². The minimum Gasteiger partial charge on any atom is -0.484 e. The first-order chi connectivity index (χ1) is 7.29. The Bertz CT molecular complexity index is 311. The average Bonchev–Trinajstić information content (AvgIpc) is 2.79. The summed E-state index contributed by atoms with van der Waals surface area (Å²) in [5, 5.41) is 13.8. The van der Waals surface area contributed by atoms with Crippen LogP contribution in [0.4, 0.5) is 0 Å². The van der Waals surface area contributed by atoms with Gasteiger partial charge in [0.15, 0.2) is 5.75 Å². The number of aliphatic hydroxyl groups is 1. The number of aliphatic hydroxyl groups excluding tert-OH is 1. The molecule has 2 unspecified atom stereocenters. The van der Waals surface area contributed by atoms with Crippen LogP contribution in [0.15, 0.2) is 12.4 Å². The van der Waals surface area contributed by atoms with Crippen LogP contribution in [0, 0.1) is 0 Å². The molecule has 0 spiro atoms. The third-order valence-corrected chi connectivity index (χ3v) is 2.77. The van der Waals surface area contributed by atoms with Gasteiger partial charge in [-0.1, -0.05) is 6.92 Å². The summed E-state index contributed by atoms with van der Waals surface area (Å²) in [5.41, 5.74) is 0. The van der Waals surface area contributed by atoms with Crippen molar-refractivity contribution in [3.63, 3.8) is 0 Å². The lowest BCUT2D eigenvalue weighted by atomic mass is 10.2. The Hall–Kier alpha value is -1.03. The zero-order valence-corrected chi connectivity index (χ0v) is 9.09. The largest absolute Gasteiger partial charge is 0.484 e. The van der Waals surface area contributed by atoms with E-state index in [9.17, 15) is 5.11 Å². The van der Waals surface area contributed by atoms with Crippen molar-refractivity contribution >= 4 is 0 Å². The maximum atomic E-state index is 9.61. The second-order valence-corrected chi connectivity index (χ2v) is 4.09. The first-order valence-electron chi connectivity index (χ1n) is 5.66. The standard InChI is InChI=1S/C11H18N2O2/c1-2-6-13-8-9(7-12-13)15-11-5-3-4-10(11)14/h7-8,10-11,14H,2-6H2,1H3. The number of hydrogen-bond acceptors (Lipinski definition) is 3. The molecule has 15 heavy (non-hydrogen) atoms. The highest BCUT2D eigenvalue weighted by atomic mass is 16.5. The molecule has 2 rings (SSSR count). The average molecular weight is 210 g/mol. The van der Waals surface area contributed by atoms with E-state index in [4.69, 9.17) is 4.74 Å². The van der Waals surface area contributed by atoms with Gasteiger partial charge in [0, 0.05) is 6.54 Å². The van der Waals surface area contributed by atoms with Crippen LogP contribution in [0.2, 0.25) is 0 Å². The smallest absolute Gasteiger partial charge is 0.157 e. The Morgan fingerprint density at radius 3 is 3.13 bits per heavy atom. The number of ether oxygens (including phenoxy) is 1. The van der Waals surface area contributed by atoms with Crippen molar-refractivity contribution in [3.05, 3.63) is 12.4 Å². The monoisotopic (exact) mass is 210 g/mol. The van der Waals surface area contributed by atoms with Crippen LogP contribution in [0.1, 0.15) is 32.6 Å². The summed E-state index contributed by atoms with van der Waals surface area (Å²) in [6, 6.07) is 0. The fourth-order valence-corrected chi connectivity index (χ4v) is 1.98. The van der Waals surface area contributed by atoms with Crippen LogP contribution in [0.5, 0.6) is 5.75 Å². The number of aromatic nitrogens is 2. The number of rotatable bonds is 4. The minimum absolute atomic E-state index is 0.0377. The Balaban J connectivity index is 1.92. The predicted molar refractivity (Wildman–Crippen MR) is 56.8 cm³/mol. The van der Waals surface area contributed by atoms with Gasteiger partial charge in [-0.3, -0.25) is 4.68 Å². The molecule has 2 atom stereocenters. The van der Waals surface area contributed by atoms with Gasteiger partial charge in [-0.25, -0.2) is 0 Å². The van der Waals surface area contributed by atoms with Crippen LogP contribution in [0.3, 0.4) is 0 Å². The summed E-state index contributed by atoms with van der Waals surface area (Å²) >= 11 is 0. The summed E-state index contributed by atoms with van der Waals surface area (Å²) in [5.74, 6) is 0.773.